The van der Waals surface area contributed by atoms with Crippen molar-refractivity contribution in [2.75, 3.05) is 18.0 Å². The minimum absolute atomic E-state index is 0.00396. The number of anilines is 1. The lowest BCUT2D eigenvalue weighted by atomic mass is 9.90. The highest BCUT2D eigenvalue weighted by molar-refractivity contribution is 6.22. The van der Waals surface area contributed by atoms with Gasteiger partial charge < -0.3 is 0 Å². The lowest BCUT2D eigenvalue weighted by Crippen LogP contribution is -2.40. The molecule has 3 aliphatic rings. The fourth-order valence-corrected chi connectivity index (χ4v) is 4.28. The van der Waals surface area contributed by atoms with Gasteiger partial charge in [0.1, 0.15) is 0 Å². The van der Waals surface area contributed by atoms with Crippen molar-refractivity contribution in [2.24, 2.45) is 11.8 Å². The molecule has 3 saturated heterocycles. The van der Waals surface area contributed by atoms with Crippen molar-refractivity contribution < 1.29 is 9.59 Å². The molecule has 4 rings (SSSR count). The van der Waals surface area contributed by atoms with E-state index in [1.165, 1.54) is 24.2 Å². The Bertz CT molecular complexity index is 571. The van der Waals surface area contributed by atoms with Gasteiger partial charge in [0.2, 0.25) is 11.8 Å². The van der Waals surface area contributed by atoms with E-state index in [0.717, 1.165) is 25.2 Å². The van der Waals surface area contributed by atoms with E-state index in [2.05, 4.69) is 4.90 Å². The standard InChI is InChI=1S/C17H20N2O2/c20-16-13-11-18-10-6-2-5-9-14(18)15(13)17(21)19(16)12-7-3-1-4-8-12/h1,3-4,7-8,13-15H,2,5-6,9-11H2/t13-,14?,15-/m0/s1. The zero-order valence-electron chi connectivity index (χ0n) is 12.1. The molecule has 0 spiro atoms. The van der Waals surface area contributed by atoms with Crippen LogP contribution in [0.1, 0.15) is 25.7 Å². The Morgan fingerprint density at radius 1 is 0.952 bits per heavy atom. The minimum Gasteiger partial charge on any atom is -0.299 e. The third-order valence-corrected chi connectivity index (χ3v) is 5.25. The Morgan fingerprint density at radius 3 is 2.57 bits per heavy atom. The van der Waals surface area contributed by atoms with Gasteiger partial charge in [-0.2, -0.15) is 0 Å². The molecule has 4 nitrogen and oxygen atoms in total. The summed E-state index contributed by atoms with van der Waals surface area (Å²) in [5, 5.41) is 0. The first kappa shape index (κ1) is 13.0. The molecule has 4 heteroatoms. The van der Waals surface area contributed by atoms with E-state index in [4.69, 9.17) is 0 Å². The second kappa shape index (κ2) is 4.95. The van der Waals surface area contributed by atoms with Crippen LogP contribution >= 0.6 is 0 Å². The Kier molecular flexibility index (Phi) is 3.07. The maximum absolute atomic E-state index is 12.8. The lowest BCUT2D eigenvalue weighted by molar-refractivity contribution is -0.123. The quantitative estimate of drug-likeness (QED) is 0.741. The van der Waals surface area contributed by atoms with Gasteiger partial charge in [-0.05, 0) is 31.5 Å². The molecule has 1 unspecified atom stereocenters. The summed E-state index contributed by atoms with van der Waals surface area (Å²) in [6, 6.07) is 9.64. The third kappa shape index (κ3) is 1.93. The number of imide groups is 1. The average Bonchev–Trinajstić information content (AvgIpc) is 2.86. The summed E-state index contributed by atoms with van der Waals surface area (Å²) in [7, 11) is 0. The number of hydrogen-bond acceptors (Lipinski definition) is 3. The Labute approximate surface area is 124 Å². The van der Waals surface area contributed by atoms with Crippen molar-refractivity contribution in [1.29, 1.82) is 0 Å². The Balaban J connectivity index is 1.66. The maximum atomic E-state index is 12.8. The van der Waals surface area contributed by atoms with Crippen molar-refractivity contribution in [1.82, 2.24) is 4.90 Å². The highest BCUT2D eigenvalue weighted by atomic mass is 16.2. The summed E-state index contributed by atoms with van der Waals surface area (Å²) in [6.45, 7) is 1.81. The number of para-hydroxylation sites is 1. The van der Waals surface area contributed by atoms with Crippen LogP contribution in [0.3, 0.4) is 0 Å². The average molecular weight is 284 g/mol. The summed E-state index contributed by atoms with van der Waals surface area (Å²) < 4.78 is 0. The van der Waals surface area contributed by atoms with Gasteiger partial charge in [-0.25, -0.2) is 4.90 Å². The molecule has 0 aromatic heterocycles. The van der Waals surface area contributed by atoms with Crippen molar-refractivity contribution in [3.05, 3.63) is 30.3 Å². The number of benzene rings is 1. The molecule has 3 heterocycles. The van der Waals surface area contributed by atoms with Gasteiger partial charge in [0.15, 0.2) is 0 Å². The van der Waals surface area contributed by atoms with Gasteiger partial charge in [-0.1, -0.05) is 31.0 Å². The van der Waals surface area contributed by atoms with E-state index < -0.39 is 0 Å². The molecule has 1 aromatic rings. The Morgan fingerprint density at radius 2 is 1.76 bits per heavy atom. The van der Waals surface area contributed by atoms with Crippen molar-refractivity contribution in [2.45, 2.75) is 31.7 Å². The summed E-state index contributed by atoms with van der Waals surface area (Å²) in [5.74, 6) is -0.216. The molecular formula is C17H20N2O2. The SMILES string of the molecule is O=C1[C@H]2CN3CCCCCC3[C@H]2C(=O)N1c1ccccc1. The largest absolute Gasteiger partial charge is 0.299 e. The number of hydrogen-bond donors (Lipinski definition) is 0. The molecule has 0 bridgehead atoms. The van der Waals surface area contributed by atoms with E-state index >= 15 is 0 Å². The molecule has 0 N–H and O–H groups in total. The first-order chi connectivity index (χ1) is 10.3. The fraction of sp³-hybridized carbons (Fsp3) is 0.529. The van der Waals surface area contributed by atoms with Crippen LogP contribution in [0.15, 0.2) is 30.3 Å². The van der Waals surface area contributed by atoms with Crippen LogP contribution in [0.5, 0.6) is 0 Å². The van der Waals surface area contributed by atoms with E-state index in [1.807, 2.05) is 30.3 Å². The van der Waals surface area contributed by atoms with Crippen LogP contribution in [-0.4, -0.2) is 35.8 Å². The van der Waals surface area contributed by atoms with Crippen molar-refractivity contribution in [3.8, 4) is 0 Å². The topological polar surface area (TPSA) is 40.6 Å². The van der Waals surface area contributed by atoms with Gasteiger partial charge in [-0.3, -0.25) is 14.5 Å². The second-order valence-corrected chi connectivity index (χ2v) is 6.39. The van der Waals surface area contributed by atoms with Crippen LogP contribution in [0.25, 0.3) is 0 Å². The molecular weight excluding hydrogens is 264 g/mol. The molecule has 3 aliphatic heterocycles. The second-order valence-electron chi connectivity index (χ2n) is 6.39. The fourth-order valence-electron chi connectivity index (χ4n) is 4.28. The number of rotatable bonds is 1. The molecule has 0 aliphatic carbocycles. The van der Waals surface area contributed by atoms with Crippen LogP contribution in [0.4, 0.5) is 5.69 Å². The van der Waals surface area contributed by atoms with Crippen molar-refractivity contribution >= 4 is 17.5 Å². The highest BCUT2D eigenvalue weighted by Gasteiger charge is 2.57. The molecule has 3 fully saturated rings. The van der Waals surface area contributed by atoms with Crippen LogP contribution in [0, 0.1) is 11.8 Å². The number of amides is 2. The van der Waals surface area contributed by atoms with Gasteiger partial charge in [0, 0.05) is 12.6 Å². The first-order valence-electron chi connectivity index (χ1n) is 7.94. The zero-order chi connectivity index (χ0) is 14.4. The molecule has 21 heavy (non-hydrogen) atoms. The summed E-state index contributed by atoms with van der Waals surface area (Å²) in [4.78, 5) is 29.4. The zero-order valence-corrected chi connectivity index (χ0v) is 12.1. The van der Waals surface area contributed by atoms with Crippen LogP contribution in [-0.2, 0) is 9.59 Å². The maximum Gasteiger partial charge on any atom is 0.239 e. The molecule has 2 amide bonds. The van der Waals surface area contributed by atoms with Gasteiger partial charge >= 0.3 is 0 Å². The van der Waals surface area contributed by atoms with E-state index in [1.54, 1.807) is 0 Å². The molecule has 0 saturated carbocycles. The minimum atomic E-state index is -0.124. The predicted molar refractivity (Wildman–Crippen MR) is 79.7 cm³/mol. The van der Waals surface area contributed by atoms with E-state index in [-0.39, 0.29) is 29.7 Å². The predicted octanol–water partition coefficient (Wildman–Crippen LogP) is 2.05. The van der Waals surface area contributed by atoms with Crippen LogP contribution < -0.4 is 4.90 Å². The lowest BCUT2D eigenvalue weighted by Gasteiger charge is -2.26. The highest BCUT2D eigenvalue weighted by Crippen LogP contribution is 2.42. The molecule has 110 valence electrons. The number of carbonyl (C=O) groups excluding carboxylic acids is 2. The number of carbonyl (C=O) groups is 2. The van der Waals surface area contributed by atoms with E-state index in [9.17, 15) is 9.59 Å². The summed E-state index contributed by atoms with van der Waals surface area (Å²) >= 11 is 0. The van der Waals surface area contributed by atoms with Gasteiger partial charge in [0.05, 0.1) is 17.5 Å². The molecule has 0 radical (unpaired) electrons. The van der Waals surface area contributed by atoms with Gasteiger partial charge in [-0.15, -0.1) is 0 Å². The van der Waals surface area contributed by atoms with E-state index in [0.29, 0.717) is 0 Å². The smallest absolute Gasteiger partial charge is 0.239 e. The van der Waals surface area contributed by atoms with Crippen molar-refractivity contribution in [3.63, 3.8) is 0 Å². The molecule has 1 aromatic carbocycles. The number of nitrogens with zero attached hydrogens (tertiary/aromatic N) is 2. The first-order valence-corrected chi connectivity index (χ1v) is 7.94. The summed E-state index contributed by atoms with van der Waals surface area (Å²) in [5.41, 5.74) is 0.724. The van der Waals surface area contributed by atoms with Gasteiger partial charge in [0.25, 0.3) is 0 Å². The third-order valence-electron chi connectivity index (χ3n) is 5.25. The molecule has 3 atom stereocenters. The summed E-state index contributed by atoms with van der Waals surface area (Å²) in [6.07, 6.45) is 4.68. The van der Waals surface area contributed by atoms with Crippen LogP contribution in [0.2, 0.25) is 0 Å². The Hall–Kier alpha value is -1.68. The normalized spacial score (nSPS) is 33.0. The monoisotopic (exact) mass is 284 g/mol. The number of fused-ring (bicyclic) bond motifs is 3.